The van der Waals surface area contributed by atoms with E-state index in [0.717, 1.165) is 11.6 Å². The molecule has 1 aromatic carbocycles. The van der Waals surface area contributed by atoms with Crippen LogP contribution in [0, 0.1) is 0 Å². The monoisotopic (exact) mass is 231 g/mol. The molecule has 0 aromatic heterocycles. The molecule has 1 aliphatic heterocycles. The van der Waals surface area contributed by atoms with Crippen molar-refractivity contribution in [1.82, 2.24) is 0 Å². The Hall–Kier alpha value is -2.43. The third kappa shape index (κ3) is 2.78. The average Bonchev–Trinajstić information content (AvgIpc) is 2.59. The van der Waals surface area contributed by atoms with Crippen LogP contribution in [-0.2, 0) is 20.7 Å². The molecule has 0 radical (unpaired) electrons. The van der Waals surface area contributed by atoms with Crippen molar-refractivity contribution < 1.29 is 19.4 Å². The van der Waals surface area contributed by atoms with E-state index in [4.69, 9.17) is 9.84 Å². The topological polar surface area (TPSA) is 76.0 Å². The number of rotatable bonds is 3. The van der Waals surface area contributed by atoms with Crippen LogP contribution < -0.4 is 0 Å². The fourth-order valence-corrected chi connectivity index (χ4v) is 1.42. The summed E-state index contributed by atoms with van der Waals surface area (Å²) in [5, 5.41) is 8.51. The third-order valence-electron chi connectivity index (χ3n) is 2.12. The van der Waals surface area contributed by atoms with Crippen molar-refractivity contribution in [2.24, 2.45) is 4.99 Å². The van der Waals surface area contributed by atoms with E-state index in [1.807, 2.05) is 30.3 Å². The van der Waals surface area contributed by atoms with Gasteiger partial charge < -0.3 is 9.84 Å². The van der Waals surface area contributed by atoms with Gasteiger partial charge in [0.05, 0.1) is 6.08 Å². The van der Waals surface area contributed by atoms with E-state index < -0.39 is 11.9 Å². The molecule has 5 nitrogen and oxygen atoms in total. The van der Waals surface area contributed by atoms with Crippen LogP contribution in [0.15, 0.2) is 47.1 Å². The fourth-order valence-electron chi connectivity index (χ4n) is 1.42. The first kappa shape index (κ1) is 11.1. The molecule has 17 heavy (non-hydrogen) atoms. The van der Waals surface area contributed by atoms with Crippen LogP contribution in [0.2, 0.25) is 0 Å². The fraction of sp³-hybridized carbons (Fsp3) is 0.0833. The molecule has 0 saturated carbocycles. The number of ether oxygens (including phenoxy) is 1. The molecule has 0 unspecified atom stereocenters. The summed E-state index contributed by atoms with van der Waals surface area (Å²) in [7, 11) is 0. The zero-order chi connectivity index (χ0) is 12.3. The van der Waals surface area contributed by atoms with Gasteiger partial charge in [0, 0.05) is 6.42 Å². The molecule has 0 atom stereocenters. The van der Waals surface area contributed by atoms with Gasteiger partial charge in [0.15, 0.2) is 5.70 Å². The predicted octanol–water partition coefficient (Wildman–Crippen LogP) is 1.15. The lowest BCUT2D eigenvalue weighted by Gasteiger charge is -1.98. The highest BCUT2D eigenvalue weighted by atomic mass is 16.6. The highest BCUT2D eigenvalue weighted by Gasteiger charge is 2.23. The van der Waals surface area contributed by atoms with Gasteiger partial charge in [-0.1, -0.05) is 30.3 Å². The molecule has 0 fully saturated rings. The Balaban J connectivity index is 2.15. The van der Waals surface area contributed by atoms with Crippen molar-refractivity contribution in [1.29, 1.82) is 0 Å². The highest BCUT2D eigenvalue weighted by Crippen LogP contribution is 2.13. The maximum atomic E-state index is 11.2. The molecule has 0 aliphatic carbocycles. The lowest BCUT2D eigenvalue weighted by molar-refractivity contribution is -0.133. The molecule has 1 aliphatic rings. The van der Waals surface area contributed by atoms with E-state index in [-0.39, 0.29) is 11.6 Å². The Kier molecular flexibility index (Phi) is 3.00. The number of esters is 1. The lowest BCUT2D eigenvalue weighted by atomic mass is 10.1. The predicted molar refractivity (Wildman–Crippen MR) is 59.4 cm³/mol. The Labute approximate surface area is 97.1 Å². The molecule has 0 saturated heterocycles. The number of hydrogen-bond acceptors (Lipinski definition) is 4. The van der Waals surface area contributed by atoms with Crippen molar-refractivity contribution >= 4 is 17.8 Å². The second kappa shape index (κ2) is 4.61. The van der Waals surface area contributed by atoms with Crippen LogP contribution in [0.5, 0.6) is 0 Å². The summed E-state index contributed by atoms with van der Waals surface area (Å²) in [6.07, 6.45) is 1.10. The summed E-state index contributed by atoms with van der Waals surface area (Å²) < 4.78 is 4.86. The Morgan fingerprint density at radius 3 is 2.71 bits per heavy atom. The number of aliphatic carboxylic acids is 1. The van der Waals surface area contributed by atoms with E-state index >= 15 is 0 Å². The molecular weight excluding hydrogens is 222 g/mol. The smallest absolute Gasteiger partial charge is 0.363 e. The Morgan fingerprint density at radius 2 is 2.06 bits per heavy atom. The van der Waals surface area contributed by atoms with Crippen LogP contribution in [0.1, 0.15) is 5.56 Å². The molecular formula is C12H9NO4. The first-order valence-electron chi connectivity index (χ1n) is 4.93. The number of carboxylic acids is 1. The molecule has 5 heteroatoms. The summed E-state index contributed by atoms with van der Waals surface area (Å²) >= 11 is 0. The summed E-state index contributed by atoms with van der Waals surface area (Å²) in [4.78, 5) is 25.5. The van der Waals surface area contributed by atoms with Crippen LogP contribution >= 0.6 is 0 Å². The largest absolute Gasteiger partial charge is 0.478 e. The number of carboxylic acid groups (broad SMARTS) is 1. The van der Waals surface area contributed by atoms with E-state index in [1.165, 1.54) is 0 Å². The van der Waals surface area contributed by atoms with Gasteiger partial charge in [-0.15, -0.1) is 0 Å². The van der Waals surface area contributed by atoms with E-state index in [0.29, 0.717) is 6.42 Å². The molecule has 1 heterocycles. The van der Waals surface area contributed by atoms with Gasteiger partial charge in [-0.05, 0) is 5.56 Å². The van der Waals surface area contributed by atoms with Gasteiger partial charge in [-0.25, -0.2) is 14.6 Å². The van der Waals surface area contributed by atoms with Gasteiger partial charge >= 0.3 is 11.9 Å². The second-order valence-electron chi connectivity index (χ2n) is 3.43. The number of cyclic esters (lactones) is 1. The number of carbonyl (C=O) groups excluding carboxylic acids is 1. The first-order chi connectivity index (χ1) is 8.15. The van der Waals surface area contributed by atoms with Crippen molar-refractivity contribution in [2.75, 3.05) is 0 Å². The maximum Gasteiger partial charge on any atom is 0.363 e. The highest BCUT2D eigenvalue weighted by molar-refractivity contribution is 6.07. The number of hydrogen-bond donors (Lipinski definition) is 1. The molecule has 0 spiro atoms. The zero-order valence-corrected chi connectivity index (χ0v) is 8.79. The molecule has 0 bridgehead atoms. The average molecular weight is 231 g/mol. The summed E-state index contributed by atoms with van der Waals surface area (Å²) in [6.45, 7) is 0. The normalized spacial score (nSPS) is 16.8. The minimum absolute atomic E-state index is 0.177. The first-order valence-corrected chi connectivity index (χ1v) is 4.93. The molecule has 1 N–H and O–H groups in total. The van der Waals surface area contributed by atoms with Crippen LogP contribution in [0.3, 0.4) is 0 Å². The molecule has 2 rings (SSSR count). The van der Waals surface area contributed by atoms with Gasteiger partial charge in [-0.2, -0.15) is 0 Å². The summed E-state index contributed by atoms with van der Waals surface area (Å²) in [5.41, 5.74) is 0.763. The van der Waals surface area contributed by atoms with E-state index in [9.17, 15) is 9.59 Å². The molecule has 1 aromatic rings. The van der Waals surface area contributed by atoms with Gasteiger partial charge in [0.2, 0.25) is 5.90 Å². The maximum absolute atomic E-state index is 11.2. The molecule has 86 valence electrons. The third-order valence-corrected chi connectivity index (χ3v) is 2.12. The Morgan fingerprint density at radius 1 is 1.35 bits per heavy atom. The van der Waals surface area contributed by atoms with Crippen molar-refractivity contribution in [3.63, 3.8) is 0 Å². The van der Waals surface area contributed by atoms with Gasteiger partial charge in [0.25, 0.3) is 0 Å². The quantitative estimate of drug-likeness (QED) is 0.625. The summed E-state index contributed by atoms with van der Waals surface area (Å²) in [6, 6.07) is 9.34. The number of carbonyl (C=O) groups is 2. The second-order valence-corrected chi connectivity index (χ2v) is 3.43. The lowest BCUT2D eigenvalue weighted by Crippen LogP contribution is -2.07. The van der Waals surface area contributed by atoms with Crippen molar-refractivity contribution in [3.05, 3.63) is 47.7 Å². The Bertz CT molecular complexity index is 517. The number of nitrogens with zero attached hydrogens (tertiary/aromatic N) is 1. The number of benzene rings is 1. The van der Waals surface area contributed by atoms with Crippen molar-refractivity contribution in [3.8, 4) is 0 Å². The SMILES string of the molecule is O=C(O)/C=C1/N=C(Cc2ccccc2)OC1=O. The van der Waals surface area contributed by atoms with Gasteiger partial charge in [-0.3, -0.25) is 0 Å². The minimum Gasteiger partial charge on any atom is -0.478 e. The summed E-state index contributed by atoms with van der Waals surface area (Å²) in [5.74, 6) is -1.73. The zero-order valence-electron chi connectivity index (χ0n) is 8.79. The minimum atomic E-state index is -1.22. The van der Waals surface area contributed by atoms with E-state index in [1.54, 1.807) is 0 Å². The van der Waals surface area contributed by atoms with Gasteiger partial charge in [0.1, 0.15) is 0 Å². The number of aliphatic imine (C=N–C) groups is 1. The van der Waals surface area contributed by atoms with Crippen molar-refractivity contribution in [2.45, 2.75) is 6.42 Å². The van der Waals surface area contributed by atoms with Crippen LogP contribution in [-0.4, -0.2) is 22.9 Å². The van der Waals surface area contributed by atoms with E-state index in [2.05, 4.69) is 4.99 Å². The standard InChI is InChI=1S/C12H9NO4/c14-11(15)7-9-12(16)17-10(13-9)6-8-4-2-1-3-5-8/h1-5,7H,6H2,(H,14,15)/b9-7+. The van der Waals surface area contributed by atoms with Crippen LogP contribution in [0.25, 0.3) is 0 Å². The van der Waals surface area contributed by atoms with Crippen LogP contribution in [0.4, 0.5) is 0 Å². The molecule has 0 amide bonds.